The van der Waals surface area contributed by atoms with Gasteiger partial charge < -0.3 is 15.2 Å². The Bertz CT molecular complexity index is 234. The number of aliphatic carboxylic acids is 1. The number of hydrogen-bond acceptors (Lipinski definition) is 3. The van der Waals surface area contributed by atoms with Crippen LogP contribution in [0.25, 0.3) is 0 Å². The number of rotatable bonds is 4. The van der Waals surface area contributed by atoms with Gasteiger partial charge in [0, 0.05) is 6.04 Å². The minimum absolute atomic E-state index is 0.0856. The smallest absolute Gasteiger partial charge is 0.315 e. The van der Waals surface area contributed by atoms with Crippen LogP contribution in [-0.4, -0.2) is 37.4 Å². The van der Waals surface area contributed by atoms with Crippen LogP contribution in [0.4, 0.5) is 0 Å². The van der Waals surface area contributed by atoms with Crippen LogP contribution in [0.15, 0.2) is 0 Å². The van der Waals surface area contributed by atoms with Gasteiger partial charge in [-0.2, -0.15) is 0 Å². The van der Waals surface area contributed by atoms with Gasteiger partial charge in [-0.05, 0) is 25.8 Å². The molecule has 4 heteroatoms. The van der Waals surface area contributed by atoms with Gasteiger partial charge in [-0.25, -0.2) is 0 Å². The van der Waals surface area contributed by atoms with Crippen molar-refractivity contribution in [2.45, 2.75) is 25.3 Å². The Kier molecular flexibility index (Phi) is 2.49. The SMILES string of the molecule is CNC(C1CCC1)C1(C(=O)O)COC1. The molecule has 0 aromatic heterocycles. The number of nitrogens with one attached hydrogen (secondary N) is 1. The summed E-state index contributed by atoms with van der Waals surface area (Å²) in [6.45, 7) is 0.731. The second kappa shape index (κ2) is 3.51. The molecule has 2 rings (SSSR count). The summed E-state index contributed by atoms with van der Waals surface area (Å²) < 4.78 is 5.08. The number of carboxylic acids is 1. The molecule has 80 valence electrons. The van der Waals surface area contributed by atoms with Gasteiger partial charge in [0.2, 0.25) is 0 Å². The van der Waals surface area contributed by atoms with Crippen LogP contribution in [0.3, 0.4) is 0 Å². The Balaban J connectivity index is 2.11. The Morgan fingerprint density at radius 1 is 1.57 bits per heavy atom. The molecule has 0 bridgehead atoms. The lowest BCUT2D eigenvalue weighted by atomic mass is 9.66. The van der Waals surface area contributed by atoms with E-state index in [9.17, 15) is 9.90 Å². The summed E-state index contributed by atoms with van der Waals surface area (Å²) in [5, 5.41) is 12.4. The van der Waals surface area contributed by atoms with E-state index in [4.69, 9.17) is 4.74 Å². The first-order valence-corrected chi connectivity index (χ1v) is 5.19. The maximum atomic E-state index is 11.2. The third-order valence-electron chi connectivity index (χ3n) is 3.67. The molecule has 1 aliphatic carbocycles. The number of hydrogen-bond donors (Lipinski definition) is 2. The van der Waals surface area contributed by atoms with Crippen LogP contribution < -0.4 is 5.32 Å². The molecule has 1 atom stereocenters. The molecule has 0 aromatic rings. The summed E-state index contributed by atoms with van der Waals surface area (Å²) in [4.78, 5) is 11.2. The first-order valence-electron chi connectivity index (χ1n) is 5.19. The zero-order valence-electron chi connectivity index (χ0n) is 8.45. The maximum absolute atomic E-state index is 11.2. The normalized spacial score (nSPS) is 27.5. The third-order valence-corrected chi connectivity index (χ3v) is 3.67. The minimum atomic E-state index is -0.713. The fourth-order valence-electron chi connectivity index (χ4n) is 2.49. The Morgan fingerprint density at radius 2 is 2.21 bits per heavy atom. The van der Waals surface area contributed by atoms with Crippen molar-refractivity contribution in [3.8, 4) is 0 Å². The van der Waals surface area contributed by atoms with Crippen LogP contribution in [0, 0.1) is 11.3 Å². The zero-order valence-corrected chi connectivity index (χ0v) is 8.45. The molecule has 14 heavy (non-hydrogen) atoms. The highest BCUT2D eigenvalue weighted by molar-refractivity contribution is 5.77. The van der Waals surface area contributed by atoms with Crippen LogP contribution >= 0.6 is 0 Å². The van der Waals surface area contributed by atoms with Crippen LogP contribution in [0.1, 0.15) is 19.3 Å². The van der Waals surface area contributed by atoms with Crippen molar-refractivity contribution in [1.29, 1.82) is 0 Å². The lowest BCUT2D eigenvalue weighted by Gasteiger charge is -2.48. The summed E-state index contributed by atoms with van der Waals surface area (Å²) in [5.74, 6) is -0.185. The number of carboxylic acid groups (broad SMARTS) is 1. The zero-order chi connectivity index (χ0) is 10.2. The van der Waals surface area contributed by atoms with Crippen molar-refractivity contribution < 1.29 is 14.6 Å². The highest BCUT2D eigenvalue weighted by Gasteiger charge is 2.55. The Hall–Kier alpha value is -0.610. The van der Waals surface area contributed by atoms with Crippen LogP contribution in [-0.2, 0) is 9.53 Å². The Morgan fingerprint density at radius 3 is 2.43 bits per heavy atom. The highest BCUT2D eigenvalue weighted by Crippen LogP contribution is 2.42. The monoisotopic (exact) mass is 199 g/mol. The molecule has 1 aliphatic heterocycles. The van der Waals surface area contributed by atoms with Gasteiger partial charge in [-0.1, -0.05) is 6.42 Å². The van der Waals surface area contributed by atoms with Crippen molar-refractivity contribution in [2.24, 2.45) is 11.3 Å². The fraction of sp³-hybridized carbons (Fsp3) is 0.900. The predicted octanol–water partition coefficient (Wildman–Crippen LogP) is 0.476. The summed E-state index contributed by atoms with van der Waals surface area (Å²) in [6, 6.07) is 0.0856. The van der Waals surface area contributed by atoms with E-state index in [0.717, 1.165) is 12.8 Å². The average molecular weight is 199 g/mol. The van der Waals surface area contributed by atoms with Gasteiger partial charge in [0.15, 0.2) is 0 Å². The molecule has 0 radical (unpaired) electrons. The van der Waals surface area contributed by atoms with Crippen LogP contribution in [0.2, 0.25) is 0 Å². The third kappa shape index (κ3) is 1.25. The van der Waals surface area contributed by atoms with Crippen LogP contribution in [0.5, 0.6) is 0 Å². The molecule has 1 saturated carbocycles. The summed E-state index contributed by atoms with van der Waals surface area (Å²) in [5.41, 5.74) is -0.653. The summed E-state index contributed by atoms with van der Waals surface area (Å²) in [6.07, 6.45) is 3.54. The van der Waals surface area contributed by atoms with E-state index in [1.54, 1.807) is 0 Å². The molecule has 0 spiro atoms. The van der Waals surface area contributed by atoms with E-state index in [-0.39, 0.29) is 6.04 Å². The average Bonchev–Trinajstić information content (AvgIpc) is 1.96. The maximum Gasteiger partial charge on any atom is 0.315 e. The van der Waals surface area contributed by atoms with E-state index < -0.39 is 11.4 Å². The topological polar surface area (TPSA) is 58.6 Å². The van der Waals surface area contributed by atoms with Gasteiger partial charge in [-0.15, -0.1) is 0 Å². The summed E-state index contributed by atoms with van der Waals surface area (Å²) in [7, 11) is 1.85. The van der Waals surface area contributed by atoms with Crippen molar-refractivity contribution >= 4 is 5.97 Å². The van der Waals surface area contributed by atoms with E-state index in [2.05, 4.69) is 5.32 Å². The number of carbonyl (C=O) groups is 1. The molecule has 2 N–H and O–H groups in total. The van der Waals surface area contributed by atoms with Crippen molar-refractivity contribution in [3.05, 3.63) is 0 Å². The molecule has 1 heterocycles. The quantitative estimate of drug-likeness (QED) is 0.691. The second-order valence-corrected chi connectivity index (χ2v) is 4.41. The molecule has 2 aliphatic rings. The molecule has 1 unspecified atom stereocenters. The van der Waals surface area contributed by atoms with E-state index >= 15 is 0 Å². The standard InChI is InChI=1S/C10H17NO3/c1-11-8(7-3-2-4-7)10(9(12)13)5-14-6-10/h7-8,11H,2-6H2,1H3,(H,12,13). The minimum Gasteiger partial charge on any atom is -0.481 e. The van der Waals surface area contributed by atoms with Gasteiger partial charge in [0.05, 0.1) is 13.2 Å². The van der Waals surface area contributed by atoms with E-state index in [1.807, 2.05) is 7.05 Å². The lowest BCUT2D eigenvalue weighted by molar-refractivity contribution is -0.191. The fourth-order valence-corrected chi connectivity index (χ4v) is 2.49. The van der Waals surface area contributed by atoms with Gasteiger partial charge in [-0.3, -0.25) is 4.79 Å². The molecular weight excluding hydrogens is 182 g/mol. The molecule has 2 fully saturated rings. The molecule has 0 aromatic carbocycles. The van der Waals surface area contributed by atoms with Gasteiger partial charge in [0.25, 0.3) is 0 Å². The predicted molar refractivity (Wildman–Crippen MR) is 51.1 cm³/mol. The van der Waals surface area contributed by atoms with Crippen molar-refractivity contribution in [2.75, 3.05) is 20.3 Å². The molecule has 0 amide bonds. The van der Waals surface area contributed by atoms with E-state index in [0.29, 0.717) is 19.1 Å². The van der Waals surface area contributed by atoms with Crippen molar-refractivity contribution in [3.63, 3.8) is 0 Å². The highest BCUT2D eigenvalue weighted by atomic mass is 16.5. The van der Waals surface area contributed by atoms with Gasteiger partial charge >= 0.3 is 5.97 Å². The first-order chi connectivity index (χ1) is 6.70. The number of ether oxygens (including phenoxy) is 1. The van der Waals surface area contributed by atoms with Crippen molar-refractivity contribution in [1.82, 2.24) is 5.32 Å². The molecular formula is C10H17NO3. The summed E-state index contributed by atoms with van der Waals surface area (Å²) >= 11 is 0. The lowest BCUT2D eigenvalue weighted by Crippen LogP contribution is -2.64. The Labute approximate surface area is 83.6 Å². The van der Waals surface area contributed by atoms with E-state index in [1.165, 1.54) is 6.42 Å². The van der Waals surface area contributed by atoms with Gasteiger partial charge in [0.1, 0.15) is 5.41 Å². The molecule has 1 saturated heterocycles. The first kappa shape index (κ1) is 9.93. The molecule has 4 nitrogen and oxygen atoms in total. The largest absolute Gasteiger partial charge is 0.481 e. The second-order valence-electron chi connectivity index (χ2n) is 4.41.